The van der Waals surface area contributed by atoms with Gasteiger partial charge in [-0.15, -0.1) is 0 Å². The molecule has 1 saturated heterocycles. The Hall–Kier alpha value is -2.04. The fraction of sp³-hybridized carbons (Fsp3) is 0.429. The van der Waals surface area contributed by atoms with Gasteiger partial charge < -0.3 is 19.5 Å². The summed E-state index contributed by atoms with van der Waals surface area (Å²) in [6.45, 7) is 2.31. The predicted octanol–water partition coefficient (Wildman–Crippen LogP) is 0.785. The molecule has 1 heterocycles. The molecule has 5 nitrogen and oxygen atoms in total. The molecule has 1 unspecified atom stereocenters. The Morgan fingerprint density at radius 2 is 2.05 bits per heavy atom. The van der Waals surface area contributed by atoms with Gasteiger partial charge in [0.25, 0.3) is 0 Å². The monoisotopic (exact) mass is 262 g/mol. The van der Waals surface area contributed by atoms with E-state index in [1.807, 2.05) is 30.3 Å². The van der Waals surface area contributed by atoms with E-state index < -0.39 is 17.5 Å². The highest BCUT2D eigenvalue weighted by molar-refractivity contribution is 5.75. The van der Waals surface area contributed by atoms with Crippen LogP contribution in [0.2, 0.25) is 0 Å². The van der Waals surface area contributed by atoms with Crippen LogP contribution in [0.15, 0.2) is 30.3 Å². The van der Waals surface area contributed by atoms with E-state index in [4.69, 9.17) is 4.74 Å². The van der Waals surface area contributed by atoms with Crippen LogP contribution in [0, 0.1) is 5.41 Å². The SMILES string of the molecule is CC1(C(=O)[O-])CCN(C(=O)OCc2ccccc2)C1. The first-order chi connectivity index (χ1) is 9.01. The summed E-state index contributed by atoms with van der Waals surface area (Å²) in [5, 5.41) is 11.0. The Labute approximate surface area is 111 Å². The lowest BCUT2D eigenvalue weighted by atomic mass is 9.90. The van der Waals surface area contributed by atoms with E-state index in [9.17, 15) is 14.7 Å². The van der Waals surface area contributed by atoms with Gasteiger partial charge in [0, 0.05) is 24.5 Å². The number of ether oxygens (including phenoxy) is 1. The fourth-order valence-electron chi connectivity index (χ4n) is 2.09. The molecule has 5 heteroatoms. The maximum Gasteiger partial charge on any atom is 0.410 e. The number of carboxylic acids is 1. The number of hydrogen-bond donors (Lipinski definition) is 0. The zero-order valence-corrected chi connectivity index (χ0v) is 10.8. The molecule has 1 atom stereocenters. The van der Waals surface area contributed by atoms with E-state index in [0.717, 1.165) is 5.56 Å². The highest BCUT2D eigenvalue weighted by atomic mass is 16.6. The molecule has 1 aliphatic rings. The first kappa shape index (κ1) is 13.4. The number of carbonyl (C=O) groups is 2. The Balaban J connectivity index is 1.87. The minimum Gasteiger partial charge on any atom is -0.549 e. The summed E-state index contributed by atoms with van der Waals surface area (Å²) in [4.78, 5) is 24.2. The molecule has 19 heavy (non-hydrogen) atoms. The average molecular weight is 262 g/mol. The third-order valence-electron chi connectivity index (χ3n) is 3.43. The first-order valence-corrected chi connectivity index (χ1v) is 6.18. The number of nitrogens with zero attached hydrogens (tertiary/aromatic N) is 1. The summed E-state index contributed by atoms with van der Waals surface area (Å²) in [6.07, 6.45) is -0.0794. The van der Waals surface area contributed by atoms with Crippen molar-refractivity contribution in [3.8, 4) is 0 Å². The van der Waals surface area contributed by atoms with Crippen LogP contribution in [0.3, 0.4) is 0 Å². The lowest BCUT2D eigenvalue weighted by Gasteiger charge is -2.25. The van der Waals surface area contributed by atoms with Gasteiger partial charge in [0.2, 0.25) is 0 Å². The number of amides is 1. The second kappa shape index (κ2) is 5.30. The second-order valence-electron chi connectivity index (χ2n) is 5.06. The molecule has 1 aromatic rings. The Morgan fingerprint density at radius 3 is 2.63 bits per heavy atom. The number of carboxylic acid groups (broad SMARTS) is 1. The van der Waals surface area contributed by atoms with Crippen molar-refractivity contribution in [3.63, 3.8) is 0 Å². The topological polar surface area (TPSA) is 69.7 Å². The van der Waals surface area contributed by atoms with Gasteiger partial charge in [0.1, 0.15) is 6.61 Å². The van der Waals surface area contributed by atoms with Crippen LogP contribution in [0.25, 0.3) is 0 Å². The van der Waals surface area contributed by atoms with Crippen molar-refractivity contribution >= 4 is 12.1 Å². The number of rotatable bonds is 3. The third-order valence-corrected chi connectivity index (χ3v) is 3.43. The molecule has 1 aliphatic heterocycles. The molecule has 0 spiro atoms. The van der Waals surface area contributed by atoms with Gasteiger partial charge in [-0.05, 0) is 12.0 Å². The van der Waals surface area contributed by atoms with Crippen molar-refractivity contribution in [3.05, 3.63) is 35.9 Å². The van der Waals surface area contributed by atoms with Crippen molar-refractivity contribution in [2.75, 3.05) is 13.1 Å². The Bertz CT molecular complexity index is 474. The summed E-state index contributed by atoms with van der Waals surface area (Å²) < 4.78 is 5.16. The largest absolute Gasteiger partial charge is 0.549 e. The minimum absolute atomic E-state index is 0.142. The molecular formula is C14H16NO4-. The van der Waals surface area contributed by atoms with Gasteiger partial charge in [0.15, 0.2) is 0 Å². The summed E-state index contributed by atoms with van der Waals surface area (Å²) in [7, 11) is 0. The van der Waals surface area contributed by atoms with E-state index in [-0.39, 0.29) is 13.2 Å². The normalized spacial score (nSPS) is 22.3. The molecule has 2 rings (SSSR count). The second-order valence-corrected chi connectivity index (χ2v) is 5.06. The summed E-state index contributed by atoms with van der Waals surface area (Å²) in [6, 6.07) is 9.35. The molecule has 0 saturated carbocycles. The molecule has 0 bridgehead atoms. The van der Waals surface area contributed by atoms with Gasteiger partial charge in [0.05, 0.1) is 0 Å². The van der Waals surface area contributed by atoms with Crippen molar-refractivity contribution in [2.45, 2.75) is 20.0 Å². The predicted molar refractivity (Wildman–Crippen MR) is 65.9 cm³/mol. The molecule has 1 amide bonds. The Kier molecular flexibility index (Phi) is 3.74. The van der Waals surface area contributed by atoms with Crippen LogP contribution in [-0.4, -0.2) is 30.1 Å². The minimum atomic E-state index is -1.12. The average Bonchev–Trinajstić information content (AvgIpc) is 2.81. The number of benzene rings is 1. The highest BCUT2D eigenvalue weighted by Crippen LogP contribution is 2.29. The van der Waals surface area contributed by atoms with Crippen molar-refractivity contribution in [1.29, 1.82) is 0 Å². The van der Waals surface area contributed by atoms with Crippen LogP contribution in [0.1, 0.15) is 18.9 Å². The van der Waals surface area contributed by atoms with E-state index in [0.29, 0.717) is 13.0 Å². The zero-order chi connectivity index (χ0) is 13.9. The standard InChI is InChI=1S/C14H17NO4/c1-14(12(16)17)7-8-15(10-14)13(18)19-9-11-5-3-2-4-6-11/h2-6H,7-10H2,1H3,(H,16,17)/p-1. The first-order valence-electron chi connectivity index (χ1n) is 6.18. The molecular weight excluding hydrogens is 246 g/mol. The van der Waals surface area contributed by atoms with Gasteiger partial charge in [-0.1, -0.05) is 37.3 Å². The van der Waals surface area contributed by atoms with E-state index in [1.165, 1.54) is 4.90 Å². The number of carbonyl (C=O) groups excluding carboxylic acids is 2. The molecule has 1 fully saturated rings. The fourth-order valence-corrected chi connectivity index (χ4v) is 2.09. The third kappa shape index (κ3) is 3.05. The molecule has 0 N–H and O–H groups in total. The lowest BCUT2D eigenvalue weighted by Crippen LogP contribution is -2.43. The van der Waals surface area contributed by atoms with Crippen LogP contribution in [0.4, 0.5) is 4.79 Å². The molecule has 0 aromatic heterocycles. The summed E-state index contributed by atoms with van der Waals surface area (Å²) in [5.41, 5.74) is -0.0658. The van der Waals surface area contributed by atoms with Crippen LogP contribution in [-0.2, 0) is 16.1 Å². The van der Waals surface area contributed by atoms with E-state index in [1.54, 1.807) is 6.92 Å². The van der Waals surface area contributed by atoms with Gasteiger partial charge in [-0.3, -0.25) is 0 Å². The van der Waals surface area contributed by atoms with Crippen molar-refractivity contribution < 1.29 is 19.4 Å². The maximum absolute atomic E-state index is 11.8. The van der Waals surface area contributed by atoms with E-state index in [2.05, 4.69) is 0 Å². The number of hydrogen-bond acceptors (Lipinski definition) is 4. The Morgan fingerprint density at radius 1 is 1.37 bits per heavy atom. The van der Waals surface area contributed by atoms with Crippen molar-refractivity contribution in [1.82, 2.24) is 4.90 Å². The van der Waals surface area contributed by atoms with E-state index >= 15 is 0 Å². The number of aliphatic carboxylic acids is 1. The smallest absolute Gasteiger partial charge is 0.410 e. The quantitative estimate of drug-likeness (QED) is 0.807. The molecule has 0 aliphatic carbocycles. The lowest BCUT2D eigenvalue weighted by molar-refractivity contribution is -0.317. The molecule has 0 radical (unpaired) electrons. The van der Waals surface area contributed by atoms with Crippen LogP contribution >= 0.6 is 0 Å². The van der Waals surface area contributed by atoms with Crippen LogP contribution in [0.5, 0.6) is 0 Å². The van der Waals surface area contributed by atoms with Crippen molar-refractivity contribution in [2.24, 2.45) is 5.41 Å². The van der Waals surface area contributed by atoms with Crippen LogP contribution < -0.4 is 5.11 Å². The van der Waals surface area contributed by atoms with Gasteiger partial charge >= 0.3 is 6.09 Å². The molecule has 1 aromatic carbocycles. The van der Waals surface area contributed by atoms with Gasteiger partial charge in [-0.25, -0.2) is 4.79 Å². The maximum atomic E-state index is 11.8. The summed E-state index contributed by atoms with van der Waals surface area (Å²) >= 11 is 0. The zero-order valence-electron chi connectivity index (χ0n) is 10.8. The molecule has 102 valence electrons. The van der Waals surface area contributed by atoms with Gasteiger partial charge in [-0.2, -0.15) is 0 Å². The number of likely N-dealkylation sites (tertiary alicyclic amines) is 1. The summed E-state index contributed by atoms with van der Waals surface area (Å²) in [5.74, 6) is -1.12. The highest BCUT2D eigenvalue weighted by Gasteiger charge is 2.37.